The Hall–Kier alpha value is -1.82. The average Bonchev–Trinajstić information content (AvgIpc) is 2.36. The monoisotopic (exact) mass is 352 g/mol. The number of ether oxygens (including phenoxy) is 1. The summed E-state index contributed by atoms with van der Waals surface area (Å²) in [7, 11) is 0. The Morgan fingerprint density at radius 3 is 2.71 bits per heavy atom. The topological polar surface area (TPSA) is 67.4 Å². The molecule has 1 aromatic carbocycles. The molecule has 0 saturated heterocycles. The number of carbonyl (C=O) groups is 2. The fourth-order valence-electron chi connectivity index (χ4n) is 2.18. The van der Waals surface area contributed by atoms with E-state index in [9.17, 15) is 9.59 Å². The van der Waals surface area contributed by atoms with Crippen molar-refractivity contribution in [3.8, 4) is 0 Å². The molecular formula is C15H17BrN2O3. The highest BCUT2D eigenvalue weighted by molar-refractivity contribution is 9.10. The van der Waals surface area contributed by atoms with Crippen LogP contribution in [-0.2, 0) is 9.53 Å². The number of hydrogen-bond acceptors (Lipinski definition) is 3. The van der Waals surface area contributed by atoms with Crippen LogP contribution in [0.5, 0.6) is 0 Å². The molecule has 21 heavy (non-hydrogen) atoms. The first-order valence-electron chi connectivity index (χ1n) is 6.63. The van der Waals surface area contributed by atoms with Crippen LogP contribution in [0, 0.1) is 0 Å². The van der Waals surface area contributed by atoms with Gasteiger partial charge in [0.15, 0.2) is 0 Å². The van der Waals surface area contributed by atoms with Crippen LogP contribution in [0.2, 0.25) is 0 Å². The molecular weight excluding hydrogens is 336 g/mol. The van der Waals surface area contributed by atoms with Crippen LogP contribution in [0.4, 0.5) is 4.79 Å². The Kier molecular flexibility index (Phi) is 4.67. The van der Waals surface area contributed by atoms with Crippen LogP contribution >= 0.6 is 15.9 Å². The molecule has 1 aliphatic heterocycles. The number of urea groups is 1. The zero-order valence-corrected chi connectivity index (χ0v) is 13.7. The third-order valence-corrected chi connectivity index (χ3v) is 3.51. The van der Waals surface area contributed by atoms with Crippen LogP contribution in [0.15, 0.2) is 40.0 Å². The second-order valence-electron chi connectivity index (χ2n) is 5.08. The zero-order valence-electron chi connectivity index (χ0n) is 12.1. The summed E-state index contributed by atoms with van der Waals surface area (Å²) < 4.78 is 6.15. The van der Waals surface area contributed by atoms with E-state index in [4.69, 9.17) is 4.74 Å². The van der Waals surface area contributed by atoms with E-state index in [-0.39, 0.29) is 12.1 Å². The molecule has 0 aliphatic carbocycles. The fourth-order valence-corrected chi connectivity index (χ4v) is 2.60. The molecule has 0 spiro atoms. The molecule has 0 saturated carbocycles. The lowest BCUT2D eigenvalue weighted by atomic mass is 9.95. The predicted octanol–water partition coefficient (Wildman–Crippen LogP) is 3.03. The molecule has 1 heterocycles. The Morgan fingerprint density at radius 1 is 1.38 bits per heavy atom. The molecule has 5 nitrogen and oxygen atoms in total. The number of carbonyl (C=O) groups excluding carboxylic acids is 2. The summed E-state index contributed by atoms with van der Waals surface area (Å²) in [6.45, 7) is 5.27. The summed E-state index contributed by atoms with van der Waals surface area (Å²) in [5, 5.41) is 5.38. The fraction of sp³-hybridized carbons (Fsp3) is 0.333. The number of hydrogen-bond donors (Lipinski definition) is 2. The summed E-state index contributed by atoms with van der Waals surface area (Å²) in [5.74, 6) is -0.431. The predicted molar refractivity (Wildman–Crippen MR) is 82.5 cm³/mol. The molecule has 2 rings (SSSR count). The van der Waals surface area contributed by atoms with E-state index in [1.807, 2.05) is 24.3 Å². The quantitative estimate of drug-likeness (QED) is 0.821. The highest BCUT2D eigenvalue weighted by Gasteiger charge is 2.32. The molecule has 0 fully saturated rings. The largest absolute Gasteiger partial charge is 0.459 e. The Labute approximate surface area is 131 Å². The first-order chi connectivity index (χ1) is 9.88. The van der Waals surface area contributed by atoms with Crippen LogP contribution in [0.1, 0.15) is 32.4 Å². The first-order valence-corrected chi connectivity index (χ1v) is 7.42. The molecule has 0 bridgehead atoms. The minimum Gasteiger partial charge on any atom is -0.459 e. The van der Waals surface area contributed by atoms with E-state index in [0.717, 1.165) is 10.0 Å². The average molecular weight is 353 g/mol. The van der Waals surface area contributed by atoms with Crippen molar-refractivity contribution in [2.45, 2.75) is 32.9 Å². The Bertz CT molecular complexity index is 611. The van der Waals surface area contributed by atoms with Crippen molar-refractivity contribution < 1.29 is 14.3 Å². The molecule has 0 unspecified atom stereocenters. The lowest BCUT2D eigenvalue weighted by molar-refractivity contribution is -0.143. The summed E-state index contributed by atoms with van der Waals surface area (Å²) in [4.78, 5) is 24.0. The lowest BCUT2D eigenvalue weighted by Gasteiger charge is -2.28. The number of allylic oxidation sites excluding steroid dienone is 1. The van der Waals surface area contributed by atoms with E-state index in [1.54, 1.807) is 20.8 Å². The van der Waals surface area contributed by atoms with Crippen LogP contribution in [-0.4, -0.2) is 18.1 Å². The van der Waals surface area contributed by atoms with Gasteiger partial charge in [-0.05, 0) is 38.5 Å². The molecule has 1 aliphatic rings. The van der Waals surface area contributed by atoms with E-state index < -0.39 is 12.0 Å². The van der Waals surface area contributed by atoms with Gasteiger partial charge in [0.05, 0.1) is 17.7 Å². The summed E-state index contributed by atoms with van der Waals surface area (Å²) in [6, 6.07) is 6.60. The van der Waals surface area contributed by atoms with Crippen LogP contribution < -0.4 is 10.6 Å². The Balaban J connectivity index is 2.43. The van der Waals surface area contributed by atoms with Gasteiger partial charge < -0.3 is 15.4 Å². The number of rotatable bonds is 3. The van der Waals surface area contributed by atoms with E-state index >= 15 is 0 Å². The van der Waals surface area contributed by atoms with Crippen molar-refractivity contribution in [2.75, 3.05) is 0 Å². The molecule has 112 valence electrons. The third-order valence-electron chi connectivity index (χ3n) is 3.01. The van der Waals surface area contributed by atoms with Crippen LogP contribution in [0.25, 0.3) is 0 Å². The number of halogens is 1. The van der Waals surface area contributed by atoms with Gasteiger partial charge in [-0.15, -0.1) is 0 Å². The SMILES string of the molecule is CC1=C(C(=O)OC(C)C)[C@H](c2cccc(Br)c2)NC(=O)N1. The Morgan fingerprint density at radius 2 is 2.10 bits per heavy atom. The third kappa shape index (κ3) is 3.64. The second-order valence-corrected chi connectivity index (χ2v) is 5.99. The molecule has 6 heteroatoms. The summed E-state index contributed by atoms with van der Waals surface area (Å²) in [5.41, 5.74) is 1.74. The molecule has 1 atom stereocenters. The van der Waals surface area contributed by atoms with Crippen LogP contribution in [0.3, 0.4) is 0 Å². The van der Waals surface area contributed by atoms with Crippen molar-refractivity contribution in [2.24, 2.45) is 0 Å². The number of benzene rings is 1. The normalized spacial score (nSPS) is 18.3. The summed E-state index contributed by atoms with van der Waals surface area (Å²) in [6.07, 6.45) is -0.224. The van der Waals surface area contributed by atoms with Gasteiger partial charge >= 0.3 is 12.0 Å². The lowest BCUT2D eigenvalue weighted by Crippen LogP contribution is -2.45. The first kappa shape index (κ1) is 15.6. The van der Waals surface area contributed by atoms with E-state index in [0.29, 0.717) is 11.3 Å². The van der Waals surface area contributed by atoms with Crippen molar-refractivity contribution in [1.29, 1.82) is 0 Å². The molecule has 2 N–H and O–H groups in total. The van der Waals surface area contributed by atoms with Crippen molar-refractivity contribution in [1.82, 2.24) is 10.6 Å². The second kappa shape index (κ2) is 6.30. The highest BCUT2D eigenvalue weighted by Crippen LogP contribution is 2.29. The van der Waals surface area contributed by atoms with E-state index in [1.165, 1.54) is 0 Å². The van der Waals surface area contributed by atoms with Gasteiger partial charge in [-0.25, -0.2) is 9.59 Å². The minimum absolute atomic E-state index is 0.224. The van der Waals surface area contributed by atoms with Gasteiger partial charge in [-0.2, -0.15) is 0 Å². The molecule has 2 amide bonds. The van der Waals surface area contributed by atoms with Crippen molar-refractivity contribution >= 4 is 27.9 Å². The molecule has 1 aromatic rings. The van der Waals surface area contributed by atoms with E-state index in [2.05, 4.69) is 26.6 Å². The number of nitrogens with one attached hydrogen (secondary N) is 2. The van der Waals surface area contributed by atoms with Gasteiger partial charge in [0.1, 0.15) is 0 Å². The maximum absolute atomic E-state index is 12.3. The van der Waals surface area contributed by atoms with Gasteiger partial charge in [0.2, 0.25) is 0 Å². The standard InChI is InChI=1S/C15H17BrN2O3/c1-8(2)21-14(19)12-9(3)17-15(20)18-13(12)10-5-4-6-11(16)7-10/h4-8,13H,1-3H3,(H2,17,18,20)/t13-/m0/s1. The number of esters is 1. The zero-order chi connectivity index (χ0) is 15.6. The van der Waals surface area contributed by atoms with Crippen molar-refractivity contribution in [3.05, 3.63) is 45.6 Å². The van der Waals surface area contributed by atoms with Gasteiger partial charge in [-0.3, -0.25) is 0 Å². The molecule has 0 radical (unpaired) electrons. The highest BCUT2D eigenvalue weighted by atomic mass is 79.9. The smallest absolute Gasteiger partial charge is 0.338 e. The maximum atomic E-state index is 12.3. The van der Waals surface area contributed by atoms with Crippen molar-refractivity contribution in [3.63, 3.8) is 0 Å². The van der Waals surface area contributed by atoms with Gasteiger partial charge in [0, 0.05) is 10.2 Å². The van der Waals surface area contributed by atoms with Gasteiger partial charge in [0.25, 0.3) is 0 Å². The maximum Gasteiger partial charge on any atom is 0.338 e. The minimum atomic E-state index is -0.525. The molecule has 0 aromatic heterocycles. The van der Waals surface area contributed by atoms with Gasteiger partial charge in [-0.1, -0.05) is 28.1 Å². The number of amides is 2. The summed E-state index contributed by atoms with van der Waals surface area (Å²) >= 11 is 3.40.